The molecule has 0 spiro atoms. The maximum atomic E-state index is 11.4. The molecule has 0 saturated carbocycles. The smallest absolute Gasteiger partial charge is 0.280 e. The lowest BCUT2D eigenvalue weighted by molar-refractivity contribution is 0.603. The first-order valence-electron chi connectivity index (χ1n) is 7.05. The van der Waals surface area contributed by atoms with Crippen LogP contribution in [0.2, 0.25) is 0 Å². The van der Waals surface area contributed by atoms with Gasteiger partial charge < -0.3 is 4.57 Å². The molecular weight excluding hydrogens is 308 g/mol. The van der Waals surface area contributed by atoms with E-state index in [1.165, 1.54) is 5.56 Å². The van der Waals surface area contributed by atoms with Crippen LogP contribution in [0.1, 0.15) is 31.2 Å². The molecule has 0 aliphatic heterocycles. The van der Waals surface area contributed by atoms with Crippen LogP contribution in [0.25, 0.3) is 0 Å². The molecule has 6 heteroatoms. The van der Waals surface area contributed by atoms with Crippen LogP contribution in [0.5, 0.6) is 0 Å². The predicted octanol–water partition coefficient (Wildman–Crippen LogP) is 3.40. The Bertz CT molecular complexity index is 681. The van der Waals surface area contributed by atoms with Crippen molar-refractivity contribution in [2.75, 3.05) is 0 Å². The van der Waals surface area contributed by atoms with E-state index in [0.717, 1.165) is 38.1 Å². The topological polar surface area (TPSA) is 52.0 Å². The van der Waals surface area contributed by atoms with Crippen molar-refractivity contribution >= 4 is 19.7 Å². The van der Waals surface area contributed by atoms with Gasteiger partial charge in [0, 0.05) is 29.8 Å². The highest BCUT2D eigenvalue weighted by Gasteiger charge is 2.17. The summed E-state index contributed by atoms with van der Waals surface area (Å²) in [5.41, 5.74) is 1.28. The van der Waals surface area contributed by atoms with Gasteiger partial charge in [0.15, 0.2) is 5.03 Å². The maximum absolute atomic E-state index is 11.4. The summed E-state index contributed by atoms with van der Waals surface area (Å²) >= 11 is 0. The number of benzene rings is 1. The number of halogens is 1. The van der Waals surface area contributed by atoms with Gasteiger partial charge >= 0.3 is 0 Å². The zero-order valence-electron chi connectivity index (χ0n) is 12.0. The molecule has 0 saturated heterocycles. The second-order valence-corrected chi connectivity index (χ2v) is 7.48. The summed E-state index contributed by atoms with van der Waals surface area (Å²) in [7, 11) is 1.61. The third kappa shape index (κ3) is 4.58. The minimum atomic E-state index is -3.76. The van der Waals surface area contributed by atoms with Crippen LogP contribution >= 0.6 is 10.7 Å². The molecule has 0 atom stereocenters. The van der Waals surface area contributed by atoms with Gasteiger partial charge in [0.05, 0.1) is 0 Å². The minimum absolute atomic E-state index is 0.0488. The molecule has 0 amide bonds. The molecule has 2 rings (SSSR count). The zero-order chi connectivity index (χ0) is 15.3. The Hall–Kier alpha value is -1.33. The van der Waals surface area contributed by atoms with E-state index in [-0.39, 0.29) is 5.03 Å². The molecular formula is C15H19ClN2O2S. The standard InChI is InChI=1S/C15H19ClN2O2S/c1-2-7-14-17-15(21(16,19)20)12-18(14)11-6-10-13-8-4-3-5-9-13/h3-5,8-9,12H,2,6-7,10-11H2,1H3. The van der Waals surface area contributed by atoms with Gasteiger partial charge in [-0.25, -0.2) is 13.4 Å². The number of nitrogens with zero attached hydrogens (tertiary/aromatic N) is 2. The number of aryl methyl sites for hydroxylation is 3. The average molecular weight is 327 g/mol. The van der Waals surface area contributed by atoms with Crippen LogP contribution < -0.4 is 0 Å². The molecule has 0 bridgehead atoms. The number of hydrogen-bond donors (Lipinski definition) is 0. The Kier molecular flexibility index (Phi) is 5.42. The summed E-state index contributed by atoms with van der Waals surface area (Å²) < 4.78 is 24.7. The number of hydrogen-bond acceptors (Lipinski definition) is 3. The first-order valence-corrected chi connectivity index (χ1v) is 9.36. The fourth-order valence-corrected chi connectivity index (χ4v) is 2.95. The molecule has 4 nitrogen and oxygen atoms in total. The summed E-state index contributed by atoms with van der Waals surface area (Å²) in [6.07, 6.45) is 5.08. The Morgan fingerprint density at radius 2 is 1.90 bits per heavy atom. The van der Waals surface area contributed by atoms with Gasteiger partial charge in [0.25, 0.3) is 9.05 Å². The summed E-state index contributed by atoms with van der Waals surface area (Å²) in [5, 5.41) is -0.0488. The minimum Gasteiger partial charge on any atom is -0.333 e. The van der Waals surface area contributed by atoms with E-state index in [9.17, 15) is 8.42 Å². The van der Waals surface area contributed by atoms with Crippen molar-refractivity contribution in [2.24, 2.45) is 0 Å². The van der Waals surface area contributed by atoms with Gasteiger partial charge in [-0.05, 0) is 24.8 Å². The van der Waals surface area contributed by atoms with Gasteiger partial charge in [-0.1, -0.05) is 37.3 Å². The molecule has 0 aliphatic carbocycles. The number of aromatic nitrogens is 2. The summed E-state index contributed by atoms with van der Waals surface area (Å²) in [4.78, 5) is 4.14. The Morgan fingerprint density at radius 1 is 1.19 bits per heavy atom. The van der Waals surface area contributed by atoms with Gasteiger partial charge in [0.2, 0.25) is 0 Å². The van der Waals surface area contributed by atoms with Crippen LogP contribution in [0.15, 0.2) is 41.6 Å². The lowest BCUT2D eigenvalue weighted by atomic mass is 10.1. The first-order chi connectivity index (χ1) is 10.0. The zero-order valence-corrected chi connectivity index (χ0v) is 13.6. The molecule has 21 heavy (non-hydrogen) atoms. The van der Waals surface area contributed by atoms with Crippen molar-refractivity contribution in [1.29, 1.82) is 0 Å². The van der Waals surface area contributed by atoms with E-state index < -0.39 is 9.05 Å². The van der Waals surface area contributed by atoms with Crippen molar-refractivity contribution in [3.63, 3.8) is 0 Å². The lowest BCUT2D eigenvalue weighted by Crippen LogP contribution is -2.04. The Morgan fingerprint density at radius 3 is 2.52 bits per heavy atom. The molecule has 1 aromatic heterocycles. The van der Waals surface area contributed by atoms with Gasteiger partial charge in [0.1, 0.15) is 5.82 Å². The molecule has 0 fully saturated rings. The van der Waals surface area contributed by atoms with Crippen LogP contribution in [-0.4, -0.2) is 18.0 Å². The van der Waals surface area contributed by atoms with Crippen molar-refractivity contribution in [2.45, 2.75) is 44.2 Å². The third-order valence-electron chi connectivity index (χ3n) is 3.27. The molecule has 1 heterocycles. The highest BCUT2D eigenvalue weighted by atomic mass is 35.7. The Labute approximate surface area is 130 Å². The number of imidazole rings is 1. The van der Waals surface area contributed by atoms with Crippen molar-refractivity contribution in [3.05, 3.63) is 47.9 Å². The quantitative estimate of drug-likeness (QED) is 0.733. The highest BCUT2D eigenvalue weighted by molar-refractivity contribution is 8.13. The van der Waals surface area contributed by atoms with E-state index in [1.54, 1.807) is 6.20 Å². The molecule has 1 aromatic carbocycles. The van der Waals surface area contributed by atoms with Gasteiger partial charge in [-0.2, -0.15) is 0 Å². The van der Waals surface area contributed by atoms with Gasteiger partial charge in [-0.3, -0.25) is 0 Å². The fraction of sp³-hybridized carbons (Fsp3) is 0.400. The van der Waals surface area contributed by atoms with Crippen LogP contribution in [0, 0.1) is 0 Å². The van der Waals surface area contributed by atoms with Crippen LogP contribution in [-0.2, 0) is 28.4 Å². The normalized spacial score (nSPS) is 11.7. The first kappa shape index (κ1) is 16.0. The fourth-order valence-electron chi connectivity index (χ4n) is 2.26. The van der Waals surface area contributed by atoms with E-state index in [1.807, 2.05) is 29.7 Å². The maximum Gasteiger partial charge on any atom is 0.280 e. The molecule has 0 N–H and O–H groups in total. The van der Waals surface area contributed by atoms with E-state index in [4.69, 9.17) is 10.7 Å². The molecule has 2 aromatic rings. The Balaban J connectivity index is 2.06. The molecule has 0 aliphatic rings. The monoisotopic (exact) mass is 326 g/mol. The van der Waals surface area contributed by atoms with E-state index in [2.05, 4.69) is 17.1 Å². The lowest BCUT2D eigenvalue weighted by Gasteiger charge is -2.06. The van der Waals surface area contributed by atoms with Crippen molar-refractivity contribution in [1.82, 2.24) is 9.55 Å². The molecule has 0 radical (unpaired) electrons. The largest absolute Gasteiger partial charge is 0.333 e. The van der Waals surface area contributed by atoms with Crippen LogP contribution in [0.3, 0.4) is 0 Å². The SMILES string of the molecule is CCCc1nc(S(=O)(=O)Cl)cn1CCCc1ccccc1. The van der Waals surface area contributed by atoms with Crippen molar-refractivity contribution in [3.8, 4) is 0 Å². The summed E-state index contributed by atoms with van der Waals surface area (Å²) in [5.74, 6) is 0.782. The third-order valence-corrected chi connectivity index (χ3v) is 4.44. The van der Waals surface area contributed by atoms with Crippen LogP contribution in [0.4, 0.5) is 0 Å². The highest BCUT2D eigenvalue weighted by Crippen LogP contribution is 2.16. The molecule has 0 unspecified atom stereocenters. The summed E-state index contributed by atoms with van der Waals surface area (Å²) in [6, 6.07) is 10.2. The van der Waals surface area contributed by atoms with E-state index in [0.29, 0.717) is 0 Å². The predicted molar refractivity (Wildman–Crippen MR) is 84.0 cm³/mol. The second-order valence-electron chi connectivity index (χ2n) is 4.97. The van der Waals surface area contributed by atoms with Crippen molar-refractivity contribution < 1.29 is 8.42 Å². The summed E-state index contributed by atoms with van der Waals surface area (Å²) in [6.45, 7) is 2.78. The number of rotatable bonds is 7. The average Bonchev–Trinajstić information content (AvgIpc) is 2.84. The molecule has 114 valence electrons. The van der Waals surface area contributed by atoms with Gasteiger partial charge in [-0.15, -0.1) is 0 Å². The second kappa shape index (κ2) is 7.09. The van der Waals surface area contributed by atoms with E-state index >= 15 is 0 Å².